The van der Waals surface area contributed by atoms with Crippen LogP contribution in [0, 0.1) is 0 Å². The number of Topliss-reactive ketones (excluding diaryl/α,β-unsaturated/α-hetero) is 1. The molecule has 0 heterocycles. The van der Waals surface area contributed by atoms with E-state index >= 15 is 0 Å². The summed E-state index contributed by atoms with van der Waals surface area (Å²) in [5.41, 5.74) is 2.13. The zero-order chi connectivity index (χ0) is 18.6. The van der Waals surface area contributed by atoms with Gasteiger partial charge in [0.05, 0.1) is 6.04 Å². The molecule has 0 aromatic heterocycles. The van der Waals surface area contributed by atoms with Gasteiger partial charge in [0.2, 0.25) is 5.91 Å². The van der Waals surface area contributed by atoms with Gasteiger partial charge in [0.15, 0.2) is 5.78 Å². The molecule has 4 nitrogen and oxygen atoms in total. The third kappa shape index (κ3) is 6.81. The molecule has 138 valence electrons. The minimum Gasteiger partial charge on any atom is -0.389 e. The van der Waals surface area contributed by atoms with Crippen LogP contribution < -0.4 is 5.32 Å². The average Bonchev–Trinajstić information content (AvgIpc) is 2.69. The van der Waals surface area contributed by atoms with Crippen LogP contribution in [0.5, 0.6) is 0 Å². The fraction of sp³-hybridized carbons (Fsp3) is 0.364. The van der Waals surface area contributed by atoms with Crippen LogP contribution in [0.3, 0.4) is 0 Å². The Labute approximate surface area is 155 Å². The summed E-state index contributed by atoms with van der Waals surface area (Å²) in [6.45, 7) is -0.372. The van der Waals surface area contributed by atoms with Crippen LogP contribution in [0.15, 0.2) is 60.7 Å². The molecule has 0 atom stereocenters. The molecule has 1 amide bonds. The lowest BCUT2D eigenvalue weighted by Crippen LogP contribution is -2.29. The smallest absolute Gasteiger partial charge is 0.220 e. The maximum Gasteiger partial charge on any atom is 0.220 e. The van der Waals surface area contributed by atoms with E-state index in [9.17, 15) is 9.59 Å². The first-order chi connectivity index (χ1) is 12.7. The molecule has 0 aliphatic heterocycles. The Hall–Kier alpha value is -2.46. The van der Waals surface area contributed by atoms with Crippen molar-refractivity contribution in [2.24, 2.45) is 0 Å². The van der Waals surface area contributed by atoms with Gasteiger partial charge >= 0.3 is 0 Å². The highest BCUT2D eigenvalue weighted by Crippen LogP contribution is 2.22. The minimum absolute atomic E-state index is 0.0362. The van der Waals surface area contributed by atoms with E-state index in [4.69, 9.17) is 5.11 Å². The molecule has 0 saturated heterocycles. The molecule has 0 spiro atoms. The first-order valence-corrected chi connectivity index (χ1v) is 9.22. The van der Waals surface area contributed by atoms with Gasteiger partial charge in [0.25, 0.3) is 0 Å². The van der Waals surface area contributed by atoms with E-state index in [2.05, 4.69) is 5.32 Å². The van der Waals surface area contributed by atoms with Gasteiger partial charge in [-0.2, -0.15) is 0 Å². The van der Waals surface area contributed by atoms with Gasteiger partial charge in [-0.1, -0.05) is 73.5 Å². The first kappa shape index (κ1) is 19.9. The number of carbonyl (C=O) groups is 2. The topological polar surface area (TPSA) is 66.4 Å². The van der Waals surface area contributed by atoms with Crippen LogP contribution in [0.25, 0.3) is 0 Å². The second kappa shape index (κ2) is 11.2. The number of nitrogens with one attached hydrogen (secondary N) is 1. The summed E-state index contributed by atoms with van der Waals surface area (Å²) in [4.78, 5) is 23.4. The number of aliphatic hydroxyl groups is 1. The summed E-state index contributed by atoms with van der Waals surface area (Å²) >= 11 is 0. The molecule has 0 radical (unpaired) electrons. The van der Waals surface area contributed by atoms with Crippen LogP contribution in [-0.2, 0) is 9.59 Å². The number of hydrogen-bond acceptors (Lipinski definition) is 3. The molecule has 2 N–H and O–H groups in total. The zero-order valence-electron chi connectivity index (χ0n) is 15.1. The number of benzene rings is 2. The number of hydrogen-bond donors (Lipinski definition) is 2. The number of carbonyl (C=O) groups excluding carboxylic acids is 2. The van der Waals surface area contributed by atoms with Crippen LogP contribution in [0.4, 0.5) is 0 Å². The van der Waals surface area contributed by atoms with Crippen LogP contribution >= 0.6 is 0 Å². The van der Waals surface area contributed by atoms with E-state index in [1.54, 1.807) is 0 Å². The molecule has 2 aromatic carbocycles. The Balaban J connectivity index is 1.83. The van der Waals surface area contributed by atoms with Gasteiger partial charge in [-0.05, 0) is 24.0 Å². The molecular formula is C22H27NO3. The lowest BCUT2D eigenvalue weighted by molar-refractivity contribution is -0.122. The molecule has 0 aliphatic carbocycles. The molecule has 0 bridgehead atoms. The highest BCUT2D eigenvalue weighted by Gasteiger charge is 2.16. The highest BCUT2D eigenvalue weighted by molar-refractivity contribution is 5.79. The fourth-order valence-electron chi connectivity index (χ4n) is 2.92. The van der Waals surface area contributed by atoms with E-state index < -0.39 is 0 Å². The van der Waals surface area contributed by atoms with Gasteiger partial charge < -0.3 is 10.4 Å². The summed E-state index contributed by atoms with van der Waals surface area (Å²) in [5, 5.41) is 11.8. The number of ketones is 1. The molecular weight excluding hydrogens is 326 g/mol. The second-order valence-electron chi connectivity index (χ2n) is 6.43. The standard InChI is InChI=1S/C22H27NO3/c24-17-20(25)15-9-1-2-10-16-21(26)23-22(18-11-5-3-6-12-18)19-13-7-4-8-14-19/h3-8,11-14,22,24H,1-2,9-10,15-17H2,(H,23,26). The largest absolute Gasteiger partial charge is 0.389 e. The Morgan fingerprint density at radius 2 is 1.27 bits per heavy atom. The summed E-state index contributed by atoms with van der Waals surface area (Å²) in [6.07, 6.45) is 4.29. The fourth-order valence-corrected chi connectivity index (χ4v) is 2.92. The quantitative estimate of drug-likeness (QED) is 0.604. The van der Waals surface area contributed by atoms with Gasteiger partial charge in [-0.25, -0.2) is 0 Å². The molecule has 2 rings (SSSR count). The molecule has 4 heteroatoms. The molecule has 2 aromatic rings. The summed E-state index contributed by atoms with van der Waals surface area (Å²) in [5.74, 6) is -0.0783. The third-order valence-electron chi connectivity index (χ3n) is 4.36. The second-order valence-corrected chi connectivity index (χ2v) is 6.43. The van der Waals surface area contributed by atoms with Crippen molar-refractivity contribution in [3.63, 3.8) is 0 Å². The average molecular weight is 353 g/mol. The molecule has 0 fully saturated rings. The van der Waals surface area contributed by atoms with Crippen molar-refractivity contribution >= 4 is 11.7 Å². The maximum absolute atomic E-state index is 12.4. The van der Waals surface area contributed by atoms with E-state index in [1.165, 1.54) is 0 Å². The van der Waals surface area contributed by atoms with Gasteiger partial charge in [-0.3, -0.25) is 9.59 Å². The van der Waals surface area contributed by atoms with Crippen molar-refractivity contribution in [3.05, 3.63) is 71.8 Å². The van der Waals surface area contributed by atoms with Gasteiger partial charge in [0, 0.05) is 12.8 Å². The van der Waals surface area contributed by atoms with Gasteiger partial charge in [-0.15, -0.1) is 0 Å². The van der Waals surface area contributed by atoms with Crippen molar-refractivity contribution in [1.29, 1.82) is 0 Å². The number of amides is 1. The van der Waals surface area contributed by atoms with E-state index in [1.807, 2.05) is 60.7 Å². The lowest BCUT2D eigenvalue weighted by Gasteiger charge is -2.20. The SMILES string of the molecule is O=C(CO)CCCCCCC(=O)NC(c1ccccc1)c1ccccc1. The maximum atomic E-state index is 12.4. The number of unbranched alkanes of at least 4 members (excludes halogenated alkanes) is 3. The Bertz CT molecular complexity index is 631. The van der Waals surface area contributed by atoms with Gasteiger partial charge in [0.1, 0.15) is 6.61 Å². The number of aliphatic hydroxyl groups excluding tert-OH is 1. The third-order valence-corrected chi connectivity index (χ3v) is 4.36. The molecule has 26 heavy (non-hydrogen) atoms. The van der Waals surface area contributed by atoms with Crippen molar-refractivity contribution in [2.45, 2.75) is 44.6 Å². The van der Waals surface area contributed by atoms with Crippen molar-refractivity contribution in [2.75, 3.05) is 6.61 Å². The Morgan fingerprint density at radius 1 is 0.769 bits per heavy atom. The predicted molar refractivity (Wildman–Crippen MR) is 103 cm³/mol. The molecule has 0 aliphatic rings. The summed E-state index contributed by atoms with van der Waals surface area (Å²) in [7, 11) is 0. The number of rotatable bonds is 11. The van der Waals surface area contributed by atoms with Crippen molar-refractivity contribution in [1.82, 2.24) is 5.32 Å². The van der Waals surface area contributed by atoms with Crippen molar-refractivity contribution in [3.8, 4) is 0 Å². The van der Waals surface area contributed by atoms with E-state index in [-0.39, 0.29) is 24.3 Å². The highest BCUT2D eigenvalue weighted by atomic mass is 16.3. The Morgan fingerprint density at radius 3 is 1.77 bits per heavy atom. The first-order valence-electron chi connectivity index (χ1n) is 9.22. The molecule has 0 unspecified atom stereocenters. The van der Waals surface area contributed by atoms with Crippen molar-refractivity contribution < 1.29 is 14.7 Å². The normalized spacial score (nSPS) is 10.7. The zero-order valence-corrected chi connectivity index (χ0v) is 15.1. The van der Waals surface area contributed by atoms with Crippen LogP contribution in [0.2, 0.25) is 0 Å². The minimum atomic E-state index is -0.372. The predicted octanol–water partition coefficient (Wildman–Crippen LogP) is 3.79. The van der Waals surface area contributed by atoms with Crippen LogP contribution in [-0.4, -0.2) is 23.4 Å². The lowest BCUT2D eigenvalue weighted by atomic mass is 9.98. The van der Waals surface area contributed by atoms with E-state index in [0.717, 1.165) is 36.8 Å². The Kier molecular flexibility index (Phi) is 8.56. The van der Waals surface area contributed by atoms with Crippen LogP contribution in [0.1, 0.15) is 55.7 Å². The summed E-state index contributed by atoms with van der Waals surface area (Å²) in [6, 6.07) is 19.8. The molecule has 0 saturated carbocycles. The van der Waals surface area contributed by atoms with E-state index in [0.29, 0.717) is 12.8 Å². The summed E-state index contributed by atoms with van der Waals surface area (Å²) < 4.78 is 0. The monoisotopic (exact) mass is 353 g/mol.